The largest absolute Gasteiger partial charge is 0.495 e. The van der Waals surface area contributed by atoms with E-state index in [9.17, 15) is 36.0 Å². The molecule has 3 aromatic rings. The van der Waals surface area contributed by atoms with Gasteiger partial charge in [-0.3, -0.25) is 19.5 Å². The van der Waals surface area contributed by atoms with Crippen LogP contribution in [0.25, 0.3) is 0 Å². The Labute approximate surface area is 306 Å². The molecule has 52 heavy (non-hydrogen) atoms. The second-order valence-corrected chi connectivity index (χ2v) is 13.9. The van der Waals surface area contributed by atoms with E-state index in [1.165, 1.54) is 48.0 Å². The molecule has 15 nitrogen and oxygen atoms in total. The summed E-state index contributed by atoms with van der Waals surface area (Å²) in [6.45, 7) is 0.917. The standard InChI is InChI=1S/C29H33Cl2N7O6S.C2HF3O2/c1-37(2)13-5-8-24(39)33-19-6-4-7-20(16-19)45(42,43)38-14-11-18(12-15-38)34-29(41)27-22(17-32-36-27)35-28(40)25-21(30)9-10-23(44-3)26(25)31;3-2(4,5)1(6)7/h4-10,16-18H,11-15H2,1-3H3,(H,32,36)(H,33,39)(H,34,41)(H,35,40);(H,6,7)/b8-5+;. The predicted molar refractivity (Wildman–Crippen MR) is 185 cm³/mol. The van der Waals surface area contributed by atoms with Gasteiger partial charge in [0.1, 0.15) is 11.4 Å². The molecule has 1 saturated heterocycles. The Morgan fingerprint density at radius 2 is 1.75 bits per heavy atom. The molecule has 3 amide bonds. The normalized spacial score (nSPS) is 14.0. The zero-order chi connectivity index (χ0) is 38.8. The van der Waals surface area contributed by atoms with Crippen LogP contribution >= 0.6 is 23.2 Å². The van der Waals surface area contributed by atoms with Crippen LogP contribution in [0.1, 0.15) is 33.7 Å². The van der Waals surface area contributed by atoms with Crippen molar-refractivity contribution in [2.45, 2.75) is 30.0 Å². The van der Waals surface area contributed by atoms with Crippen molar-refractivity contribution >= 4 is 68.3 Å². The summed E-state index contributed by atoms with van der Waals surface area (Å²) >= 11 is 12.5. The molecule has 4 rings (SSSR count). The molecule has 2 aromatic carbocycles. The van der Waals surface area contributed by atoms with Crippen molar-refractivity contribution in [2.75, 3.05) is 51.5 Å². The topological polar surface area (TPSA) is 203 Å². The van der Waals surface area contributed by atoms with E-state index in [4.69, 9.17) is 37.8 Å². The average Bonchev–Trinajstić information content (AvgIpc) is 3.53. The number of ether oxygens (including phenoxy) is 1. The number of alkyl halides is 3. The molecule has 1 aliphatic rings. The zero-order valence-electron chi connectivity index (χ0n) is 27.8. The first kappa shape index (κ1) is 41.7. The molecule has 0 bridgehead atoms. The fraction of sp³-hybridized carbons (Fsp3) is 0.323. The number of aromatic nitrogens is 2. The number of likely N-dealkylation sites (N-methyl/N-ethyl adjacent to an activating group) is 1. The minimum Gasteiger partial charge on any atom is -0.495 e. The predicted octanol–water partition coefficient (Wildman–Crippen LogP) is 4.25. The Hall–Kier alpha value is -4.69. The summed E-state index contributed by atoms with van der Waals surface area (Å²) in [7, 11) is 1.31. The van der Waals surface area contributed by atoms with Crippen molar-refractivity contribution in [1.82, 2.24) is 24.7 Å². The van der Waals surface area contributed by atoms with Gasteiger partial charge < -0.3 is 30.7 Å². The summed E-state index contributed by atoms with van der Waals surface area (Å²) < 4.78 is 65.0. The molecule has 21 heteroatoms. The number of methoxy groups -OCH3 is 1. The lowest BCUT2D eigenvalue weighted by atomic mass is 10.1. The van der Waals surface area contributed by atoms with E-state index in [0.29, 0.717) is 25.1 Å². The number of nitrogens with one attached hydrogen (secondary N) is 4. The Bertz CT molecular complexity index is 1920. The van der Waals surface area contributed by atoms with Crippen LogP contribution in [0.2, 0.25) is 10.0 Å². The first-order valence-electron chi connectivity index (χ1n) is 15.0. The van der Waals surface area contributed by atoms with E-state index in [2.05, 4.69) is 26.1 Å². The molecule has 0 radical (unpaired) electrons. The Morgan fingerprint density at radius 1 is 1.10 bits per heavy atom. The number of carbonyl (C=O) groups is 4. The highest BCUT2D eigenvalue weighted by molar-refractivity contribution is 7.89. The summed E-state index contributed by atoms with van der Waals surface area (Å²) in [6.07, 6.45) is -0.00476. The molecule has 1 aromatic heterocycles. The lowest BCUT2D eigenvalue weighted by Gasteiger charge is -2.31. The minimum atomic E-state index is -5.08. The van der Waals surface area contributed by atoms with Crippen LogP contribution in [0.5, 0.6) is 5.75 Å². The third kappa shape index (κ3) is 11.4. The summed E-state index contributed by atoms with van der Waals surface area (Å²) in [4.78, 5) is 49.1. The maximum Gasteiger partial charge on any atom is 0.490 e. The van der Waals surface area contributed by atoms with Crippen molar-refractivity contribution in [2.24, 2.45) is 0 Å². The summed E-state index contributed by atoms with van der Waals surface area (Å²) in [5.41, 5.74) is 0.441. The third-order valence-corrected chi connectivity index (χ3v) is 9.71. The number of hydrogen-bond acceptors (Lipinski definition) is 9. The molecule has 0 spiro atoms. The van der Waals surface area contributed by atoms with Crippen molar-refractivity contribution in [3.05, 3.63) is 76.0 Å². The van der Waals surface area contributed by atoms with Gasteiger partial charge in [-0.05, 0) is 57.3 Å². The number of piperidine rings is 1. The van der Waals surface area contributed by atoms with Gasteiger partial charge >= 0.3 is 12.1 Å². The SMILES string of the molecule is COc1ccc(Cl)c(C(=O)Nc2cn[nH]c2C(=O)NC2CCN(S(=O)(=O)c3cccc(NC(=O)/C=C/CN(C)C)c3)CC2)c1Cl.O=C(O)C(F)(F)F. The van der Waals surface area contributed by atoms with Crippen molar-refractivity contribution in [1.29, 1.82) is 0 Å². The van der Waals surface area contributed by atoms with Gasteiger partial charge in [0.25, 0.3) is 11.8 Å². The number of halogens is 5. The summed E-state index contributed by atoms with van der Waals surface area (Å²) in [6, 6.07) is 8.73. The van der Waals surface area contributed by atoms with Crippen LogP contribution in [0.3, 0.4) is 0 Å². The van der Waals surface area contributed by atoms with Crippen molar-refractivity contribution in [3.63, 3.8) is 0 Å². The van der Waals surface area contributed by atoms with Gasteiger partial charge in [0, 0.05) is 37.4 Å². The zero-order valence-corrected chi connectivity index (χ0v) is 30.1. The number of hydrogen-bond donors (Lipinski definition) is 5. The number of anilines is 2. The molecule has 0 unspecified atom stereocenters. The van der Waals surface area contributed by atoms with Gasteiger partial charge in [0.2, 0.25) is 15.9 Å². The fourth-order valence-corrected chi connectivity index (χ4v) is 6.71. The number of nitrogens with zero attached hydrogens (tertiary/aromatic N) is 3. The van der Waals surface area contributed by atoms with E-state index in [1.54, 1.807) is 18.2 Å². The van der Waals surface area contributed by atoms with Crippen LogP contribution in [0.4, 0.5) is 24.5 Å². The second-order valence-electron chi connectivity index (χ2n) is 11.2. The smallest absolute Gasteiger partial charge is 0.490 e. The lowest BCUT2D eigenvalue weighted by Crippen LogP contribution is -2.46. The molecule has 5 N–H and O–H groups in total. The van der Waals surface area contributed by atoms with E-state index in [0.717, 1.165) is 0 Å². The maximum absolute atomic E-state index is 13.4. The molecule has 1 fully saturated rings. The van der Waals surface area contributed by atoms with Crippen molar-refractivity contribution < 1.29 is 50.6 Å². The first-order valence-corrected chi connectivity index (χ1v) is 17.2. The molecule has 2 heterocycles. The lowest BCUT2D eigenvalue weighted by molar-refractivity contribution is -0.192. The number of aliphatic carboxylic acids is 1. The highest BCUT2D eigenvalue weighted by Crippen LogP contribution is 2.34. The molecular formula is C31H34Cl2F3N7O8S. The highest BCUT2D eigenvalue weighted by Gasteiger charge is 2.38. The van der Waals surface area contributed by atoms with E-state index >= 15 is 0 Å². The molecule has 1 aliphatic heterocycles. The average molecular weight is 793 g/mol. The molecular weight excluding hydrogens is 758 g/mol. The Morgan fingerprint density at radius 3 is 2.35 bits per heavy atom. The van der Waals surface area contributed by atoms with Gasteiger partial charge in [0.15, 0.2) is 0 Å². The molecule has 0 aliphatic carbocycles. The number of sulfonamides is 1. The number of carbonyl (C=O) groups excluding carboxylic acids is 3. The van der Waals surface area contributed by atoms with Crippen LogP contribution in [-0.2, 0) is 19.6 Å². The van der Waals surface area contributed by atoms with Gasteiger partial charge in [-0.2, -0.15) is 22.6 Å². The molecule has 0 atom stereocenters. The van der Waals surface area contributed by atoms with E-state index < -0.39 is 34.0 Å². The van der Waals surface area contributed by atoms with Gasteiger partial charge in [-0.1, -0.05) is 35.3 Å². The molecule has 0 saturated carbocycles. The number of aromatic amines is 1. The van der Waals surface area contributed by atoms with E-state index in [1.807, 2.05) is 19.0 Å². The number of amides is 3. The molecule has 282 valence electrons. The first-order chi connectivity index (χ1) is 24.3. The van der Waals surface area contributed by atoms with E-state index in [-0.39, 0.29) is 62.7 Å². The van der Waals surface area contributed by atoms with Crippen LogP contribution in [0, 0.1) is 0 Å². The van der Waals surface area contributed by atoms with Gasteiger partial charge in [-0.25, -0.2) is 13.2 Å². The third-order valence-electron chi connectivity index (χ3n) is 7.13. The van der Waals surface area contributed by atoms with Gasteiger partial charge in [0.05, 0.1) is 39.5 Å². The quantitative estimate of drug-likeness (QED) is 0.175. The van der Waals surface area contributed by atoms with Gasteiger partial charge in [-0.15, -0.1) is 0 Å². The Balaban J connectivity index is 0.000000944. The second kappa shape index (κ2) is 18.2. The number of benzene rings is 2. The van der Waals surface area contributed by atoms with Crippen LogP contribution in [-0.4, -0.2) is 110 Å². The highest BCUT2D eigenvalue weighted by atomic mass is 35.5. The Kier molecular flexibility index (Phi) is 14.6. The van der Waals surface area contributed by atoms with Crippen molar-refractivity contribution in [3.8, 4) is 5.75 Å². The number of carboxylic acid groups (broad SMARTS) is 1. The maximum atomic E-state index is 13.4. The summed E-state index contributed by atoms with van der Waals surface area (Å²) in [5.74, 6) is -4.06. The fourth-order valence-electron chi connectivity index (χ4n) is 4.57. The monoisotopic (exact) mass is 791 g/mol. The number of rotatable bonds is 11. The summed E-state index contributed by atoms with van der Waals surface area (Å²) in [5, 5.41) is 21.8. The van der Waals surface area contributed by atoms with Crippen LogP contribution < -0.4 is 20.7 Å². The number of H-pyrrole nitrogens is 1. The minimum absolute atomic E-state index is 0.00367. The number of carboxylic acids is 1. The van der Waals surface area contributed by atoms with Crippen LogP contribution in [0.15, 0.2) is 59.6 Å².